The number of hydrogen-bond donors (Lipinski definition) is 2. The van der Waals surface area contributed by atoms with Crippen molar-refractivity contribution in [1.29, 1.82) is 0 Å². The molecule has 0 amide bonds. The van der Waals surface area contributed by atoms with E-state index < -0.39 is 0 Å². The maximum Gasteiger partial charge on any atom is 0.171 e. The molecule has 0 aliphatic carbocycles. The summed E-state index contributed by atoms with van der Waals surface area (Å²) in [4.78, 5) is 12.9. The van der Waals surface area contributed by atoms with E-state index in [9.17, 15) is 9.18 Å². The summed E-state index contributed by atoms with van der Waals surface area (Å²) in [5.41, 5.74) is 7.34. The van der Waals surface area contributed by atoms with Crippen LogP contribution < -0.4 is 11.1 Å². The first-order valence-electron chi connectivity index (χ1n) is 5.98. The highest BCUT2D eigenvalue weighted by Gasteiger charge is 2.17. The number of nitrogen functional groups attached to an aromatic ring is 1. The van der Waals surface area contributed by atoms with Gasteiger partial charge in [-0.05, 0) is 24.0 Å². The summed E-state index contributed by atoms with van der Waals surface area (Å²) < 4.78 is 13.1. The molecule has 20 heavy (non-hydrogen) atoms. The molecule has 0 atom stereocenters. The van der Waals surface area contributed by atoms with Crippen LogP contribution in [0.3, 0.4) is 0 Å². The van der Waals surface area contributed by atoms with E-state index in [-0.39, 0.29) is 11.6 Å². The van der Waals surface area contributed by atoms with Gasteiger partial charge in [-0.1, -0.05) is 12.1 Å². The van der Waals surface area contributed by atoms with E-state index in [2.05, 4.69) is 5.32 Å². The van der Waals surface area contributed by atoms with E-state index in [1.807, 2.05) is 12.3 Å². The van der Waals surface area contributed by atoms with Crippen molar-refractivity contribution in [3.05, 3.63) is 40.5 Å². The molecule has 3 N–H and O–H groups in total. The summed E-state index contributed by atoms with van der Waals surface area (Å²) in [5, 5.41) is 4.07. The van der Waals surface area contributed by atoms with Gasteiger partial charge in [-0.2, -0.15) is 0 Å². The summed E-state index contributed by atoms with van der Waals surface area (Å²) in [6, 6.07) is 6.41. The number of nitrogens with two attached hydrogens (primary N) is 1. The highest BCUT2D eigenvalue weighted by Crippen LogP contribution is 2.41. The van der Waals surface area contributed by atoms with Crippen LogP contribution in [0.5, 0.6) is 0 Å². The van der Waals surface area contributed by atoms with Gasteiger partial charge in [0.2, 0.25) is 0 Å². The van der Waals surface area contributed by atoms with Gasteiger partial charge in [0, 0.05) is 13.5 Å². The van der Waals surface area contributed by atoms with Crippen molar-refractivity contribution in [2.24, 2.45) is 0 Å². The van der Waals surface area contributed by atoms with Crippen molar-refractivity contribution in [2.45, 2.75) is 18.4 Å². The lowest BCUT2D eigenvalue weighted by Crippen LogP contribution is -1.99. The predicted octanol–water partition coefficient (Wildman–Crippen LogP) is 4.01. The Kier molecular flexibility index (Phi) is 4.67. The molecule has 2 rings (SSSR count). The minimum atomic E-state index is -0.260. The molecule has 1 heterocycles. The number of thiophene rings is 1. The number of rotatable bonds is 5. The van der Waals surface area contributed by atoms with Crippen molar-refractivity contribution in [2.75, 3.05) is 17.3 Å². The monoisotopic (exact) mass is 310 g/mol. The lowest BCUT2D eigenvalue weighted by Gasteiger charge is -2.06. The lowest BCUT2D eigenvalue weighted by atomic mass is 10.2. The number of halogens is 1. The van der Waals surface area contributed by atoms with Crippen LogP contribution in [0.4, 0.5) is 15.1 Å². The Bertz CT molecular complexity index is 640. The summed E-state index contributed by atoms with van der Waals surface area (Å²) in [6.45, 7) is 1.99. The molecule has 0 saturated carbocycles. The molecule has 3 nitrogen and oxygen atoms in total. The van der Waals surface area contributed by atoms with Crippen LogP contribution in [-0.2, 0) is 6.54 Å². The van der Waals surface area contributed by atoms with Gasteiger partial charge in [0.25, 0.3) is 0 Å². The van der Waals surface area contributed by atoms with Crippen LogP contribution >= 0.6 is 23.1 Å². The first kappa shape index (κ1) is 14.9. The van der Waals surface area contributed by atoms with E-state index in [4.69, 9.17) is 5.73 Å². The van der Waals surface area contributed by atoms with Crippen LogP contribution in [0.2, 0.25) is 0 Å². The summed E-state index contributed by atoms with van der Waals surface area (Å²) in [6.07, 6.45) is 1.91. The first-order chi connectivity index (χ1) is 9.52. The number of benzene rings is 1. The average Bonchev–Trinajstić information content (AvgIpc) is 2.73. The second-order valence-electron chi connectivity index (χ2n) is 4.25. The second-order valence-corrected chi connectivity index (χ2v) is 6.08. The van der Waals surface area contributed by atoms with Crippen LogP contribution in [0, 0.1) is 5.82 Å². The number of hydrogen-bond acceptors (Lipinski definition) is 5. The number of anilines is 2. The van der Waals surface area contributed by atoms with Crippen molar-refractivity contribution in [3.8, 4) is 0 Å². The Morgan fingerprint density at radius 1 is 1.50 bits per heavy atom. The normalized spacial score (nSPS) is 10.6. The van der Waals surface area contributed by atoms with Crippen molar-refractivity contribution in [1.82, 2.24) is 0 Å². The fourth-order valence-electron chi connectivity index (χ4n) is 1.84. The van der Waals surface area contributed by atoms with E-state index in [1.54, 1.807) is 6.07 Å². The zero-order valence-corrected chi connectivity index (χ0v) is 12.8. The highest BCUT2D eigenvalue weighted by molar-refractivity contribution is 7.99. The molecular weight excluding hydrogens is 295 g/mol. The Morgan fingerprint density at radius 3 is 2.85 bits per heavy atom. The highest BCUT2D eigenvalue weighted by atomic mass is 32.2. The van der Waals surface area contributed by atoms with Gasteiger partial charge >= 0.3 is 0 Å². The molecule has 0 spiro atoms. The largest absolute Gasteiger partial charge is 0.396 e. The Morgan fingerprint density at radius 2 is 2.25 bits per heavy atom. The van der Waals surface area contributed by atoms with E-state index in [0.29, 0.717) is 17.1 Å². The molecule has 0 bridgehead atoms. The summed E-state index contributed by atoms with van der Waals surface area (Å²) in [5.74, 6) is -0.300. The third kappa shape index (κ3) is 3.13. The van der Waals surface area contributed by atoms with E-state index >= 15 is 0 Å². The van der Waals surface area contributed by atoms with E-state index in [0.717, 1.165) is 15.5 Å². The first-order valence-corrected chi connectivity index (χ1v) is 8.02. The van der Waals surface area contributed by atoms with Gasteiger partial charge in [-0.25, -0.2) is 4.39 Å². The minimum absolute atomic E-state index is 0.0402. The van der Waals surface area contributed by atoms with Gasteiger partial charge in [0.15, 0.2) is 5.78 Å². The van der Waals surface area contributed by atoms with Crippen LogP contribution in [0.1, 0.15) is 22.2 Å². The molecule has 0 fully saturated rings. The molecule has 0 aliphatic heterocycles. The molecule has 0 aliphatic rings. The number of nitrogens with one attached hydrogen (secondary N) is 1. The topological polar surface area (TPSA) is 55.1 Å². The zero-order chi connectivity index (χ0) is 14.7. The third-order valence-electron chi connectivity index (χ3n) is 2.77. The number of carbonyl (C=O) groups is 1. The van der Waals surface area contributed by atoms with Gasteiger partial charge in [-0.3, -0.25) is 4.79 Å². The molecule has 2 aromatic rings. The fraction of sp³-hybridized carbons (Fsp3) is 0.214. The Balaban J connectivity index is 2.21. The number of ketones is 1. The van der Waals surface area contributed by atoms with Gasteiger partial charge < -0.3 is 11.1 Å². The van der Waals surface area contributed by atoms with Crippen molar-refractivity contribution in [3.63, 3.8) is 0 Å². The summed E-state index contributed by atoms with van der Waals surface area (Å²) in [7, 11) is 0. The summed E-state index contributed by atoms with van der Waals surface area (Å²) >= 11 is 2.84. The van der Waals surface area contributed by atoms with Crippen LogP contribution in [0.15, 0.2) is 29.2 Å². The minimum Gasteiger partial charge on any atom is -0.396 e. The van der Waals surface area contributed by atoms with Crippen LogP contribution in [0.25, 0.3) is 0 Å². The molecular formula is C14H15FN2OS2. The standard InChI is InChI=1S/C14H15FN2OS2/c1-8(18)12-11(16)13(19-2)14(20-12)17-7-9-4-3-5-10(15)6-9/h3-6,17H,7,16H2,1-2H3. The molecule has 6 heteroatoms. The molecule has 0 unspecified atom stereocenters. The quantitative estimate of drug-likeness (QED) is 0.647. The van der Waals surface area contributed by atoms with E-state index in [1.165, 1.54) is 42.2 Å². The predicted molar refractivity (Wildman–Crippen MR) is 84.2 cm³/mol. The Labute approximate surface area is 125 Å². The molecule has 106 valence electrons. The number of carbonyl (C=O) groups excluding carboxylic acids is 1. The smallest absolute Gasteiger partial charge is 0.171 e. The number of Topliss-reactive ketones (excluding diaryl/α,β-unsaturated/α-hetero) is 1. The van der Waals surface area contributed by atoms with Gasteiger partial charge in [-0.15, -0.1) is 23.1 Å². The second kappa shape index (κ2) is 6.28. The molecule has 0 saturated heterocycles. The van der Waals surface area contributed by atoms with Gasteiger partial charge in [0.1, 0.15) is 10.8 Å². The lowest BCUT2D eigenvalue weighted by molar-refractivity contribution is 0.102. The maximum absolute atomic E-state index is 13.1. The SMILES string of the molecule is CSc1c(NCc2cccc(F)c2)sc(C(C)=O)c1N. The maximum atomic E-state index is 13.1. The van der Waals surface area contributed by atoms with Crippen molar-refractivity contribution < 1.29 is 9.18 Å². The zero-order valence-electron chi connectivity index (χ0n) is 11.2. The molecule has 1 aromatic carbocycles. The average molecular weight is 310 g/mol. The molecule has 0 radical (unpaired) electrons. The van der Waals surface area contributed by atoms with Crippen LogP contribution in [-0.4, -0.2) is 12.0 Å². The Hall–Kier alpha value is -1.53. The molecule has 1 aromatic heterocycles. The fourth-order valence-corrected chi connectivity index (χ4v) is 3.76. The third-order valence-corrected chi connectivity index (χ3v) is 4.99. The van der Waals surface area contributed by atoms with Crippen molar-refractivity contribution >= 4 is 39.6 Å². The van der Waals surface area contributed by atoms with Gasteiger partial charge in [0.05, 0.1) is 15.5 Å². The number of thioether (sulfide) groups is 1.